The Morgan fingerprint density at radius 1 is 1.14 bits per heavy atom. The van der Waals surface area contributed by atoms with E-state index in [1.54, 1.807) is 0 Å². The number of imidazole rings is 1. The number of H-pyrrole nitrogens is 1. The van der Waals surface area contributed by atoms with Crippen LogP contribution in [-0.4, -0.2) is 16.8 Å². The lowest BCUT2D eigenvalue weighted by molar-refractivity contribution is 0.174. The third-order valence-electron chi connectivity index (χ3n) is 3.58. The van der Waals surface area contributed by atoms with Crippen LogP contribution in [0.4, 0.5) is 5.95 Å². The molecule has 0 saturated heterocycles. The topological polar surface area (TPSA) is 71.9 Å². The molecule has 1 aliphatic rings. The number of nitrogens with zero attached hydrogens (tertiary/aromatic N) is 3. The van der Waals surface area contributed by atoms with Crippen LogP contribution in [0.2, 0.25) is 0 Å². The molecule has 0 fully saturated rings. The summed E-state index contributed by atoms with van der Waals surface area (Å²) in [6.45, 7) is 2.25. The van der Waals surface area contributed by atoms with Crippen molar-refractivity contribution in [3.63, 3.8) is 0 Å². The van der Waals surface area contributed by atoms with Crippen molar-refractivity contribution in [1.29, 1.82) is 0 Å². The molecule has 1 atom stereocenters. The van der Waals surface area contributed by atoms with E-state index >= 15 is 0 Å². The lowest BCUT2D eigenvalue weighted by Gasteiger charge is -2.05. The number of fused-ring (bicyclic) bond motifs is 2. The summed E-state index contributed by atoms with van der Waals surface area (Å²) in [5, 5.41) is 8.52. The van der Waals surface area contributed by atoms with Crippen molar-refractivity contribution in [2.75, 3.05) is 6.79 Å². The van der Waals surface area contributed by atoms with Crippen LogP contribution in [0, 0.1) is 0 Å². The molecule has 0 amide bonds. The number of azo groups is 1. The number of rotatable bonds is 3. The smallest absolute Gasteiger partial charge is 0.247 e. The minimum absolute atomic E-state index is 0.0947. The van der Waals surface area contributed by atoms with Gasteiger partial charge in [-0.05, 0) is 36.8 Å². The van der Waals surface area contributed by atoms with Gasteiger partial charge in [0.15, 0.2) is 11.5 Å². The fourth-order valence-corrected chi connectivity index (χ4v) is 2.37. The SMILES string of the molecule is CC(N=Nc1nc2ccccc2[nH]1)c1ccc2c(c1)OCO2. The van der Waals surface area contributed by atoms with Crippen LogP contribution in [0.15, 0.2) is 52.7 Å². The highest BCUT2D eigenvalue weighted by Gasteiger charge is 2.15. The molecule has 0 bridgehead atoms. The predicted octanol–water partition coefficient (Wildman–Crippen LogP) is 4.14. The Labute approximate surface area is 126 Å². The molecular formula is C16H14N4O2. The van der Waals surface area contributed by atoms with Gasteiger partial charge in [0.05, 0.1) is 17.1 Å². The summed E-state index contributed by atoms with van der Waals surface area (Å²) >= 11 is 0. The second-order valence-corrected chi connectivity index (χ2v) is 5.08. The first-order chi connectivity index (χ1) is 10.8. The van der Waals surface area contributed by atoms with Crippen molar-refractivity contribution < 1.29 is 9.47 Å². The Kier molecular flexibility index (Phi) is 3.00. The third-order valence-corrected chi connectivity index (χ3v) is 3.58. The zero-order chi connectivity index (χ0) is 14.9. The average Bonchev–Trinajstić information content (AvgIpc) is 3.17. The highest BCUT2D eigenvalue weighted by molar-refractivity contribution is 5.76. The van der Waals surface area contributed by atoms with Gasteiger partial charge in [-0.1, -0.05) is 18.2 Å². The van der Waals surface area contributed by atoms with Gasteiger partial charge < -0.3 is 14.5 Å². The molecule has 6 nitrogen and oxygen atoms in total. The number of benzene rings is 2. The molecule has 0 aliphatic carbocycles. The van der Waals surface area contributed by atoms with Crippen molar-refractivity contribution in [3.05, 3.63) is 48.0 Å². The maximum absolute atomic E-state index is 5.38. The summed E-state index contributed by atoms with van der Waals surface area (Å²) in [6, 6.07) is 13.5. The minimum atomic E-state index is -0.0947. The zero-order valence-corrected chi connectivity index (χ0v) is 12.0. The highest BCUT2D eigenvalue weighted by atomic mass is 16.7. The molecule has 4 rings (SSSR count). The summed E-state index contributed by atoms with van der Waals surface area (Å²) in [5.41, 5.74) is 2.85. The standard InChI is InChI=1S/C16H14N4O2/c1-10(11-6-7-14-15(8-11)22-9-21-14)19-20-16-17-12-4-2-3-5-13(12)18-16/h2-8,10H,9H2,1H3,(H,17,18). The van der Waals surface area contributed by atoms with Crippen LogP contribution < -0.4 is 9.47 Å². The first-order valence-corrected chi connectivity index (χ1v) is 7.05. The predicted molar refractivity (Wildman–Crippen MR) is 81.6 cm³/mol. The molecule has 110 valence electrons. The van der Waals surface area contributed by atoms with Crippen LogP contribution in [0.5, 0.6) is 11.5 Å². The summed E-state index contributed by atoms with van der Waals surface area (Å²) in [4.78, 5) is 7.50. The molecule has 0 saturated carbocycles. The molecule has 0 radical (unpaired) electrons. The number of para-hydroxylation sites is 2. The van der Waals surface area contributed by atoms with E-state index in [1.165, 1.54) is 0 Å². The fraction of sp³-hybridized carbons (Fsp3) is 0.188. The Morgan fingerprint density at radius 3 is 2.91 bits per heavy atom. The van der Waals surface area contributed by atoms with E-state index in [2.05, 4.69) is 20.2 Å². The molecule has 6 heteroatoms. The minimum Gasteiger partial charge on any atom is -0.454 e. The van der Waals surface area contributed by atoms with Crippen molar-refractivity contribution in [2.45, 2.75) is 13.0 Å². The zero-order valence-electron chi connectivity index (χ0n) is 12.0. The van der Waals surface area contributed by atoms with Gasteiger partial charge in [0, 0.05) is 0 Å². The molecule has 2 aromatic carbocycles. The number of ether oxygens (including phenoxy) is 2. The maximum Gasteiger partial charge on any atom is 0.247 e. The van der Waals surface area contributed by atoms with Crippen molar-refractivity contribution in [1.82, 2.24) is 9.97 Å². The summed E-state index contributed by atoms with van der Waals surface area (Å²) in [7, 11) is 0. The molecule has 1 aromatic heterocycles. The van der Waals surface area contributed by atoms with E-state index in [0.717, 1.165) is 28.1 Å². The van der Waals surface area contributed by atoms with E-state index in [-0.39, 0.29) is 12.8 Å². The van der Waals surface area contributed by atoms with Crippen molar-refractivity contribution >= 4 is 17.0 Å². The van der Waals surface area contributed by atoms with Gasteiger partial charge in [0.25, 0.3) is 0 Å². The summed E-state index contributed by atoms with van der Waals surface area (Å²) in [5.74, 6) is 2.03. The summed E-state index contributed by atoms with van der Waals surface area (Å²) in [6.07, 6.45) is 0. The first-order valence-electron chi connectivity index (χ1n) is 7.05. The first kappa shape index (κ1) is 12.8. The van der Waals surface area contributed by atoms with Gasteiger partial charge >= 0.3 is 0 Å². The van der Waals surface area contributed by atoms with Crippen molar-refractivity contribution in [2.24, 2.45) is 10.2 Å². The van der Waals surface area contributed by atoms with E-state index < -0.39 is 0 Å². The van der Waals surface area contributed by atoms with Gasteiger partial charge in [-0.3, -0.25) is 0 Å². The van der Waals surface area contributed by atoms with Crippen LogP contribution in [0.25, 0.3) is 11.0 Å². The third kappa shape index (κ3) is 2.28. The lowest BCUT2D eigenvalue weighted by atomic mass is 10.1. The molecule has 22 heavy (non-hydrogen) atoms. The largest absolute Gasteiger partial charge is 0.454 e. The van der Waals surface area contributed by atoms with Gasteiger partial charge in [0.2, 0.25) is 12.7 Å². The molecule has 0 spiro atoms. The summed E-state index contributed by atoms with van der Waals surface area (Å²) < 4.78 is 10.7. The number of aromatic nitrogens is 2. The van der Waals surface area contributed by atoms with Gasteiger partial charge in [-0.2, -0.15) is 5.11 Å². The Balaban J connectivity index is 1.56. The highest BCUT2D eigenvalue weighted by Crippen LogP contribution is 2.35. The molecule has 1 aliphatic heterocycles. The van der Waals surface area contributed by atoms with Crippen LogP contribution in [0.1, 0.15) is 18.5 Å². The Bertz CT molecular complexity index is 823. The second-order valence-electron chi connectivity index (χ2n) is 5.08. The number of aromatic amines is 1. The van der Waals surface area contributed by atoms with Gasteiger partial charge in [-0.15, -0.1) is 5.11 Å². The molecule has 1 unspecified atom stereocenters. The molecule has 1 N–H and O–H groups in total. The van der Waals surface area contributed by atoms with E-state index in [0.29, 0.717) is 5.95 Å². The lowest BCUT2D eigenvalue weighted by Crippen LogP contribution is -1.93. The van der Waals surface area contributed by atoms with Gasteiger partial charge in [-0.25, -0.2) is 4.98 Å². The number of hydrogen-bond acceptors (Lipinski definition) is 5. The quantitative estimate of drug-likeness (QED) is 0.738. The van der Waals surface area contributed by atoms with E-state index in [1.807, 2.05) is 49.4 Å². The van der Waals surface area contributed by atoms with Crippen LogP contribution in [-0.2, 0) is 0 Å². The van der Waals surface area contributed by atoms with E-state index in [9.17, 15) is 0 Å². The number of nitrogens with one attached hydrogen (secondary N) is 1. The Morgan fingerprint density at radius 2 is 2.00 bits per heavy atom. The molecule has 3 aromatic rings. The number of hydrogen-bond donors (Lipinski definition) is 1. The maximum atomic E-state index is 5.38. The van der Waals surface area contributed by atoms with Crippen LogP contribution >= 0.6 is 0 Å². The molecular weight excluding hydrogens is 280 g/mol. The molecule has 2 heterocycles. The fourth-order valence-electron chi connectivity index (χ4n) is 2.37. The monoisotopic (exact) mass is 294 g/mol. The van der Waals surface area contributed by atoms with E-state index in [4.69, 9.17) is 9.47 Å². The Hall–Kier alpha value is -2.89. The van der Waals surface area contributed by atoms with Crippen LogP contribution in [0.3, 0.4) is 0 Å². The van der Waals surface area contributed by atoms with Crippen molar-refractivity contribution in [3.8, 4) is 11.5 Å². The average molecular weight is 294 g/mol. The normalized spacial score (nSPS) is 14.8. The van der Waals surface area contributed by atoms with Gasteiger partial charge in [0.1, 0.15) is 0 Å². The second kappa shape index (κ2) is 5.14.